The lowest BCUT2D eigenvalue weighted by molar-refractivity contribution is 0.0817. The minimum atomic E-state index is -0.631. The molecule has 0 saturated carbocycles. The SMILES string of the molecule is Cc1ccc([C@H](Nc2c(Nc3ccc(Cl)c4c3C(=O)N(C)C4)c(=O)c2=O)C(C)(C)C)o1. The predicted molar refractivity (Wildman–Crippen MR) is 121 cm³/mol. The molecule has 162 valence electrons. The highest BCUT2D eigenvalue weighted by Crippen LogP contribution is 2.39. The van der Waals surface area contributed by atoms with Crippen LogP contribution in [0.15, 0.2) is 38.3 Å². The van der Waals surface area contributed by atoms with Crippen molar-refractivity contribution in [2.24, 2.45) is 5.41 Å². The molecule has 0 radical (unpaired) electrons. The van der Waals surface area contributed by atoms with Crippen LogP contribution >= 0.6 is 11.6 Å². The van der Waals surface area contributed by atoms with Crippen LogP contribution in [0.3, 0.4) is 0 Å². The van der Waals surface area contributed by atoms with E-state index in [1.54, 1.807) is 24.1 Å². The van der Waals surface area contributed by atoms with Gasteiger partial charge in [-0.25, -0.2) is 0 Å². The monoisotopic (exact) mass is 441 g/mol. The highest BCUT2D eigenvalue weighted by atomic mass is 35.5. The average molecular weight is 442 g/mol. The molecule has 0 bridgehead atoms. The van der Waals surface area contributed by atoms with Gasteiger partial charge in [0.25, 0.3) is 16.8 Å². The van der Waals surface area contributed by atoms with Gasteiger partial charge in [-0.2, -0.15) is 0 Å². The molecule has 2 aromatic carbocycles. The number of nitrogens with zero attached hydrogens (tertiary/aromatic N) is 1. The molecule has 1 atom stereocenters. The average Bonchev–Trinajstić information content (AvgIpc) is 3.25. The van der Waals surface area contributed by atoms with Gasteiger partial charge in [-0.15, -0.1) is 0 Å². The molecule has 0 spiro atoms. The lowest BCUT2D eigenvalue weighted by Gasteiger charge is -2.31. The number of halogens is 1. The molecule has 31 heavy (non-hydrogen) atoms. The van der Waals surface area contributed by atoms with Gasteiger partial charge in [0, 0.05) is 24.2 Å². The molecule has 0 fully saturated rings. The third kappa shape index (κ3) is 3.53. The van der Waals surface area contributed by atoms with E-state index in [0.717, 1.165) is 5.76 Å². The number of rotatable bonds is 5. The second-order valence-electron chi connectivity index (χ2n) is 9.03. The van der Waals surface area contributed by atoms with E-state index < -0.39 is 10.9 Å². The fraction of sp³-hybridized carbons (Fsp3) is 0.348. The van der Waals surface area contributed by atoms with Crippen LogP contribution < -0.4 is 21.5 Å². The maximum Gasteiger partial charge on any atom is 0.256 e. The van der Waals surface area contributed by atoms with Crippen LogP contribution in [-0.4, -0.2) is 17.9 Å². The minimum absolute atomic E-state index is 0.134. The van der Waals surface area contributed by atoms with E-state index in [4.69, 9.17) is 16.0 Å². The first-order valence-corrected chi connectivity index (χ1v) is 10.4. The van der Waals surface area contributed by atoms with Crippen LogP contribution in [0, 0.1) is 12.3 Å². The smallest absolute Gasteiger partial charge is 0.256 e. The van der Waals surface area contributed by atoms with Crippen molar-refractivity contribution in [3.8, 4) is 0 Å². The molecular weight excluding hydrogens is 418 g/mol. The first kappa shape index (κ1) is 21.2. The zero-order valence-electron chi connectivity index (χ0n) is 18.1. The number of benzene rings is 1. The maximum atomic E-state index is 12.6. The van der Waals surface area contributed by atoms with Gasteiger partial charge in [-0.1, -0.05) is 32.4 Å². The Morgan fingerprint density at radius 1 is 1.06 bits per heavy atom. The van der Waals surface area contributed by atoms with E-state index in [1.807, 2.05) is 39.8 Å². The number of carbonyl (C=O) groups excluding carboxylic acids is 1. The Labute approximate surface area is 184 Å². The number of furan rings is 1. The van der Waals surface area contributed by atoms with E-state index in [-0.39, 0.29) is 28.7 Å². The second kappa shape index (κ2) is 7.27. The van der Waals surface area contributed by atoms with Crippen molar-refractivity contribution in [3.05, 3.63) is 72.4 Å². The Morgan fingerprint density at radius 3 is 2.35 bits per heavy atom. The van der Waals surface area contributed by atoms with E-state index in [2.05, 4.69) is 10.6 Å². The summed E-state index contributed by atoms with van der Waals surface area (Å²) in [6, 6.07) is 6.70. The molecule has 3 aromatic rings. The minimum Gasteiger partial charge on any atom is -0.464 e. The van der Waals surface area contributed by atoms with Crippen molar-refractivity contribution in [1.29, 1.82) is 0 Å². The van der Waals surface area contributed by atoms with Gasteiger partial charge in [0.05, 0.1) is 17.3 Å². The van der Waals surface area contributed by atoms with Gasteiger partial charge >= 0.3 is 0 Å². The van der Waals surface area contributed by atoms with Crippen molar-refractivity contribution in [3.63, 3.8) is 0 Å². The Hall–Kier alpha value is -3.06. The number of aryl methyl sites for hydroxylation is 1. The van der Waals surface area contributed by atoms with Crippen LogP contribution in [0.4, 0.5) is 17.1 Å². The summed E-state index contributed by atoms with van der Waals surface area (Å²) in [5.74, 6) is 1.24. The Balaban J connectivity index is 1.71. The molecule has 8 heteroatoms. The Bertz CT molecular complexity index is 1260. The number of anilines is 3. The first-order chi connectivity index (χ1) is 14.5. The highest BCUT2D eigenvalue weighted by molar-refractivity contribution is 6.32. The van der Waals surface area contributed by atoms with Crippen LogP contribution in [0.2, 0.25) is 5.02 Å². The van der Waals surface area contributed by atoms with Crippen molar-refractivity contribution in [2.75, 3.05) is 17.7 Å². The lowest BCUT2D eigenvalue weighted by atomic mass is 9.85. The van der Waals surface area contributed by atoms with E-state index >= 15 is 0 Å². The van der Waals surface area contributed by atoms with Gasteiger partial charge in [0.15, 0.2) is 0 Å². The second-order valence-corrected chi connectivity index (χ2v) is 9.44. The lowest BCUT2D eigenvalue weighted by Crippen LogP contribution is -2.39. The summed E-state index contributed by atoms with van der Waals surface area (Å²) in [7, 11) is 1.69. The first-order valence-electron chi connectivity index (χ1n) is 9.99. The molecule has 4 rings (SSSR count). The fourth-order valence-corrected chi connectivity index (χ4v) is 4.09. The van der Waals surface area contributed by atoms with Crippen molar-refractivity contribution < 1.29 is 9.21 Å². The summed E-state index contributed by atoms with van der Waals surface area (Å²) in [5.41, 5.74) is 0.346. The molecule has 1 aromatic heterocycles. The number of hydrogen-bond acceptors (Lipinski definition) is 6. The molecule has 1 aliphatic heterocycles. The summed E-state index contributed by atoms with van der Waals surface area (Å²) in [6.07, 6.45) is 0. The van der Waals surface area contributed by atoms with Crippen LogP contribution in [-0.2, 0) is 6.54 Å². The molecule has 1 aliphatic rings. The summed E-state index contributed by atoms with van der Waals surface area (Å²) < 4.78 is 5.79. The standard InChI is InChI=1S/C23H24ClN3O4/c1-11-6-9-15(31-11)21(23(2,3)4)26-18-17(19(28)20(18)29)25-14-8-7-13(24)12-10-27(5)22(30)16(12)14/h6-9,21,25-26H,10H2,1-5H3/t21-/m0/s1. The summed E-state index contributed by atoms with van der Waals surface area (Å²) in [4.78, 5) is 39.0. The third-order valence-electron chi connectivity index (χ3n) is 5.58. The molecular formula is C23H24ClN3O4. The summed E-state index contributed by atoms with van der Waals surface area (Å²) in [5, 5.41) is 6.70. The quantitative estimate of drug-likeness (QED) is 0.571. The zero-order valence-corrected chi connectivity index (χ0v) is 18.8. The van der Waals surface area contributed by atoms with Gasteiger partial charge in [0.2, 0.25) is 0 Å². The van der Waals surface area contributed by atoms with Crippen molar-refractivity contribution in [2.45, 2.75) is 40.3 Å². The van der Waals surface area contributed by atoms with Gasteiger partial charge < -0.3 is 20.0 Å². The number of fused-ring (bicyclic) bond motifs is 1. The largest absolute Gasteiger partial charge is 0.464 e. The van der Waals surface area contributed by atoms with E-state index in [9.17, 15) is 14.4 Å². The molecule has 1 amide bonds. The molecule has 0 unspecified atom stereocenters. The van der Waals surface area contributed by atoms with Gasteiger partial charge in [-0.05, 0) is 36.6 Å². The summed E-state index contributed by atoms with van der Waals surface area (Å²) in [6.45, 7) is 8.29. The fourth-order valence-electron chi connectivity index (χ4n) is 3.88. The molecule has 0 aliphatic carbocycles. The van der Waals surface area contributed by atoms with Crippen LogP contribution in [0.25, 0.3) is 0 Å². The Kier molecular flexibility index (Phi) is 4.97. The van der Waals surface area contributed by atoms with Gasteiger partial charge in [-0.3, -0.25) is 14.4 Å². The molecule has 2 heterocycles. The van der Waals surface area contributed by atoms with Crippen LogP contribution in [0.5, 0.6) is 0 Å². The zero-order chi connectivity index (χ0) is 22.7. The van der Waals surface area contributed by atoms with Crippen LogP contribution in [0.1, 0.15) is 54.3 Å². The molecule has 7 nitrogen and oxygen atoms in total. The maximum absolute atomic E-state index is 12.6. The molecule has 0 saturated heterocycles. The number of nitrogens with one attached hydrogen (secondary N) is 2. The molecule has 2 N–H and O–H groups in total. The number of hydrogen-bond donors (Lipinski definition) is 2. The van der Waals surface area contributed by atoms with Gasteiger partial charge in [0.1, 0.15) is 22.9 Å². The normalized spacial score (nSPS) is 14.8. The number of carbonyl (C=O) groups is 1. The highest BCUT2D eigenvalue weighted by Gasteiger charge is 2.34. The van der Waals surface area contributed by atoms with Crippen molar-refractivity contribution >= 4 is 34.6 Å². The number of amides is 1. The van der Waals surface area contributed by atoms with E-state index in [1.165, 1.54) is 0 Å². The van der Waals surface area contributed by atoms with Crippen molar-refractivity contribution in [1.82, 2.24) is 4.90 Å². The topological polar surface area (TPSA) is 91.6 Å². The predicted octanol–water partition coefficient (Wildman–Crippen LogP) is 4.37. The van der Waals surface area contributed by atoms with E-state index in [0.29, 0.717) is 34.1 Å². The Morgan fingerprint density at radius 2 is 1.74 bits per heavy atom. The summed E-state index contributed by atoms with van der Waals surface area (Å²) >= 11 is 6.26. The third-order valence-corrected chi connectivity index (χ3v) is 5.94.